The molecular formula is C20H23N2O9P. The number of carbonyl (C=O) groups excluding carboxylic acids is 2. The topological polar surface area (TPSA) is 154 Å². The molecule has 0 aliphatic rings. The molecule has 3 atom stereocenters. The number of aliphatic hydroxyl groups is 1. The van der Waals surface area contributed by atoms with Crippen LogP contribution in [0.15, 0.2) is 54.6 Å². The fraction of sp³-hybridized carbons (Fsp3) is 0.300. The van der Waals surface area contributed by atoms with Crippen molar-refractivity contribution in [2.24, 2.45) is 0 Å². The lowest BCUT2D eigenvalue weighted by Gasteiger charge is -2.17. The van der Waals surface area contributed by atoms with E-state index in [1.165, 1.54) is 24.3 Å². The van der Waals surface area contributed by atoms with Crippen molar-refractivity contribution in [3.63, 3.8) is 0 Å². The number of nitrogens with zero attached hydrogens (tertiary/aromatic N) is 1. The van der Waals surface area contributed by atoms with Gasteiger partial charge in [0.25, 0.3) is 5.69 Å². The summed E-state index contributed by atoms with van der Waals surface area (Å²) in [4.78, 5) is 34.0. The number of rotatable bonds is 11. The van der Waals surface area contributed by atoms with E-state index < -0.39 is 36.9 Å². The second-order valence-corrected chi connectivity index (χ2v) is 7.96. The van der Waals surface area contributed by atoms with E-state index in [1.807, 2.05) is 6.07 Å². The minimum atomic E-state index is -3.01. The summed E-state index contributed by atoms with van der Waals surface area (Å²) in [5.74, 6) is -2.23. The van der Waals surface area contributed by atoms with E-state index in [9.17, 15) is 29.4 Å². The first-order chi connectivity index (χ1) is 15.3. The van der Waals surface area contributed by atoms with Crippen molar-refractivity contribution >= 4 is 25.8 Å². The molecule has 2 unspecified atom stereocenters. The Bertz CT molecular complexity index is 938. The summed E-state index contributed by atoms with van der Waals surface area (Å²) in [6, 6.07) is 12.7. The molecule has 2 rings (SSSR count). The van der Waals surface area contributed by atoms with Gasteiger partial charge in [0.1, 0.15) is 12.6 Å². The molecule has 0 spiro atoms. The second-order valence-electron chi connectivity index (χ2n) is 6.49. The van der Waals surface area contributed by atoms with Crippen LogP contribution >= 0.6 is 8.03 Å². The van der Waals surface area contributed by atoms with E-state index in [1.54, 1.807) is 24.3 Å². The highest BCUT2D eigenvalue weighted by atomic mass is 31.1. The molecule has 0 bridgehead atoms. The standard InChI is InChI=1S/C20H23N2O9P/c1-29-18(23)17(21-20(25)30-13-14-5-3-2-4-6-14)11-12-31-32(28)19(24)15-7-9-16(10-8-15)22(26)27/h2-10,17,19,24,32H,11-13H2,1H3,(H,21,25)/t17-,19?/m0/s1. The third-order valence-corrected chi connectivity index (χ3v) is 5.55. The number of nitrogens with one attached hydrogen (secondary N) is 1. The molecule has 0 aliphatic heterocycles. The number of hydrogen-bond donors (Lipinski definition) is 2. The molecule has 32 heavy (non-hydrogen) atoms. The zero-order valence-corrected chi connectivity index (χ0v) is 18.1. The van der Waals surface area contributed by atoms with Crippen LogP contribution in [0.4, 0.5) is 10.5 Å². The number of non-ortho nitro benzene ring substituents is 1. The maximum atomic E-state index is 12.2. The molecule has 0 fully saturated rings. The molecule has 0 aromatic heterocycles. The van der Waals surface area contributed by atoms with Crippen LogP contribution in [0.5, 0.6) is 0 Å². The lowest BCUT2D eigenvalue weighted by Crippen LogP contribution is -2.42. The van der Waals surface area contributed by atoms with Crippen molar-refractivity contribution in [3.8, 4) is 0 Å². The number of benzene rings is 2. The Hall–Kier alpha value is -3.27. The number of carbonyl (C=O) groups is 2. The SMILES string of the molecule is COC(=O)[C@H](CCO[PH](=O)C(O)c1ccc([N+](=O)[O-])cc1)NC(=O)OCc1ccccc1. The first-order valence-electron chi connectivity index (χ1n) is 9.46. The van der Waals surface area contributed by atoms with Gasteiger partial charge in [-0.25, -0.2) is 9.59 Å². The lowest BCUT2D eigenvalue weighted by atomic mass is 10.2. The zero-order chi connectivity index (χ0) is 23.5. The number of amides is 1. The van der Waals surface area contributed by atoms with E-state index >= 15 is 0 Å². The van der Waals surface area contributed by atoms with Gasteiger partial charge in [-0.15, -0.1) is 0 Å². The van der Waals surface area contributed by atoms with Gasteiger partial charge in [0.2, 0.25) is 8.03 Å². The average molecular weight is 466 g/mol. The van der Waals surface area contributed by atoms with E-state index in [0.717, 1.165) is 12.7 Å². The Morgan fingerprint density at radius 1 is 1.16 bits per heavy atom. The largest absolute Gasteiger partial charge is 0.467 e. The lowest BCUT2D eigenvalue weighted by molar-refractivity contribution is -0.384. The third-order valence-electron chi connectivity index (χ3n) is 4.28. The molecule has 172 valence electrons. The number of ether oxygens (including phenoxy) is 2. The molecule has 0 saturated heterocycles. The normalized spacial score (nSPS) is 13.4. The summed E-state index contributed by atoms with van der Waals surface area (Å²) in [6.07, 6.45) is -0.931. The number of nitro benzene ring substituents is 1. The Morgan fingerprint density at radius 2 is 1.81 bits per heavy atom. The summed E-state index contributed by atoms with van der Waals surface area (Å²) < 4.78 is 27.1. The van der Waals surface area contributed by atoms with Crippen LogP contribution in [-0.4, -0.2) is 41.9 Å². The van der Waals surface area contributed by atoms with Crippen molar-refractivity contribution in [1.82, 2.24) is 5.32 Å². The molecule has 2 aromatic carbocycles. The number of aliphatic hydroxyl groups excluding tert-OH is 1. The van der Waals surface area contributed by atoms with Gasteiger partial charge in [-0.2, -0.15) is 0 Å². The molecule has 11 nitrogen and oxygen atoms in total. The fourth-order valence-corrected chi connectivity index (χ4v) is 3.51. The van der Waals surface area contributed by atoms with Gasteiger partial charge in [0.15, 0.2) is 5.85 Å². The summed E-state index contributed by atoms with van der Waals surface area (Å²) in [7, 11) is -1.87. The Labute approximate surface area is 184 Å². The summed E-state index contributed by atoms with van der Waals surface area (Å²) in [5.41, 5.74) is 0.777. The van der Waals surface area contributed by atoms with Crippen molar-refractivity contribution in [1.29, 1.82) is 0 Å². The van der Waals surface area contributed by atoms with Crippen LogP contribution in [-0.2, 0) is 30.0 Å². The maximum Gasteiger partial charge on any atom is 0.408 e. The molecular weight excluding hydrogens is 443 g/mol. The summed E-state index contributed by atoms with van der Waals surface area (Å²) in [6.45, 7) is -0.229. The monoisotopic (exact) mass is 466 g/mol. The van der Waals surface area contributed by atoms with Gasteiger partial charge in [0, 0.05) is 18.6 Å². The van der Waals surface area contributed by atoms with Gasteiger partial charge >= 0.3 is 12.1 Å². The Kier molecular flexibility index (Phi) is 9.80. The quantitative estimate of drug-likeness (QED) is 0.220. The average Bonchev–Trinajstić information content (AvgIpc) is 2.81. The number of methoxy groups -OCH3 is 1. The van der Waals surface area contributed by atoms with E-state index in [2.05, 4.69) is 10.1 Å². The molecule has 2 N–H and O–H groups in total. The highest BCUT2D eigenvalue weighted by Crippen LogP contribution is 2.40. The number of nitro groups is 1. The fourth-order valence-electron chi connectivity index (χ4n) is 2.57. The molecule has 0 heterocycles. The number of alkyl carbamates (subject to hydrolysis) is 1. The van der Waals surface area contributed by atoms with Gasteiger partial charge < -0.3 is 24.4 Å². The zero-order valence-electron chi connectivity index (χ0n) is 17.1. The van der Waals surface area contributed by atoms with Crippen molar-refractivity contribution in [3.05, 3.63) is 75.8 Å². The van der Waals surface area contributed by atoms with Crippen molar-refractivity contribution < 1.29 is 38.2 Å². The van der Waals surface area contributed by atoms with Gasteiger partial charge in [0.05, 0.1) is 18.6 Å². The molecule has 0 radical (unpaired) electrons. The van der Waals surface area contributed by atoms with E-state index in [-0.39, 0.29) is 30.9 Å². The number of hydrogen-bond acceptors (Lipinski definition) is 9. The van der Waals surface area contributed by atoms with Crippen molar-refractivity contribution in [2.75, 3.05) is 13.7 Å². The Morgan fingerprint density at radius 3 is 2.41 bits per heavy atom. The number of esters is 1. The smallest absolute Gasteiger partial charge is 0.408 e. The second kappa shape index (κ2) is 12.6. The highest BCUT2D eigenvalue weighted by molar-refractivity contribution is 7.39. The minimum absolute atomic E-state index is 0.00615. The van der Waals surface area contributed by atoms with Crippen LogP contribution < -0.4 is 5.32 Å². The van der Waals surface area contributed by atoms with Crippen molar-refractivity contribution in [2.45, 2.75) is 24.9 Å². The first kappa shape index (κ1) is 25.0. The van der Waals surface area contributed by atoms with Gasteiger partial charge in [-0.3, -0.25) is 14.7 Å². The van der Waals surface area contributed by atoms with E-state index in [4.69, 9.17) is 9.26 Å². The van der Waals surface area contributed by atoms with Crippen LogP contribution in [0.3, 0.4) is 0 Å². The summed E-state index contributed by atoms with van der Waals surface area (Å²) >= 11 is 0. The molecule has 1 amide bonds. The minimum Gasteiger partial charge on any atom is -0.467 e. The molecule has 12 heteroatoms. The predicted molar refractivity (Wildman–Crippen MR) is 113 cm³/mol. The maximum absolute atomic E-state index is 12.2. The Balaban J connectivity index is 1.84. The van der Waals surface area contributed by atoms with E-state index in [0.29, 0.717) is 0 Å². The van der Waals surface area contributed by atoms with Gasteiger partial charge in [-0.1, -0.05) is 30.3 Å². The molecule has 0 aliphatic carbocycles. The van der Waals surface area contributed by atoms with Crippen LogP contribution in [0.25, 0.3) is 0 Å². The first-order valence-corrected chi connectivity index (χ1v) is 10.8. The third kappa shape index (κ3) is 7.77. The predicted octanol–water partition coefficient (Wildman–Crippen LogP) is 2.94. The van der Waals surface area contributed by atoms with Crippen LogP contribution in [0.1, 0.15) is 23.4 Å². The summed E-state index contributed by atoms with van der Waals surface area (Å²) in [5, 5.41) is 23.2. The van der Waals surface area contributed by atoms with Crippen LogP contribution in [0, 0.1) is 10.1 Å². The van der Waals surface area contributed by atoms with Crippen LogP contribution in [0.2, 0.25) is 0 Å². The van der Waals surface area contributed by atoms with Gasteiger partial charge in [-0.05, 0) is 23.3 Å². The molecule has 2 aromatic rings. The molecule has 0 saturated carbocycles. The highest BCUT2D eigenvalue weighted by Gasteiger charge is 2.24.